The van der Waals surface area contributed by atoms with Crippen LogP contribution < -0.4 is 0 Å². The average molecular weight is 2130 g/mol. The first kappa shape index (κ1) is 103. The molecular weight excluding hydrogens is 1910 g/mol. The lowest BCUT2D eigenvalue weighted by Crippen LogP contribution is -2.68. The highest BCUT2D eigenvalue weighted by atomic mass is 32.2. The van der Waals surface area contributed by atoms with Crippen LogP contribution in [0.15, 0.2) is 0 Å². The van der Waals surface area contributed by atoms with Crippen molar-refractivity contribution in [2.24, 2.45) is 159 Å². The van der Waals surface area contributed by atoms with Crippen molar-refractivity contribution in [1.82, 2.24) is 19.6 Å². The van der Waals surface area contributed by atoms with E-state index >= 15 is 0 Å². The SMILES string of the molecule is C1CCC(C2CCC3C(C2)C2CC(C4CCCCC4)CCC2N3C2CCCC3C4CCC5OC6CCCCC6C5C4SC32)CC1.C1CCC2C(C1)CC1CCCCC1N2C1CCCC2C3CCC4OC5CCCCC5C4C3SC21.C1CCC2C(C1)OC1CCC3C4CCCC(N5C6CCCCC6SC6CCCCC65)C4SC3C12.CC1(C)C2CCCCC2N(C2CCCC3C4CCC5OC6CCCCC6C5C4SC32)C2CCCCC21. The van der Waals surface area contributed by atoms with Gasteiger partial charge in [-0.2, -0.15) is 58.8 Å². The van der Waals surface area contributed by atoms with E-state index in [1.807, 2.05) is 0 Å². The van der Waals surface area contributed by atoms with E-state index in [1.54, 1.807) is 109 Å². The Morgan fingerprint density at radius 2 is 0.409 bits per heavy atom. The molecule has 54 atom stereocenters. The predicted molar refractivity (Wildman–Crippen MR) is 623 cm³/mol. The molecule has 0 N–H and O–H groups in total. The van der Waals surface area contributed by atoms with Crippen molar-refractivity contribution in [1.29, 1.82) is 0 Å². The number of nitrogens with zero attached hydrogens (tertiary/aromatic N) is 4. The Hall–Kier alpha value is 1.43. The number of ether oxygens (including phenoxy) is 4. The Bertz CT molecular complexity index is 4230. The van der Waals surface area contributed by atoms with Gasteiger partial charge in [0.1, 0.15) is 0 Å². The molecule has 0 spiro atoms. The highest BCUT2D eigenvalue weighted by Crippen LogP contribution is 2.72. The number of rotatable bonds is 6. The second-order valence-corrected chi connectivity index (χ2v) is 69.1. The van der Waals surface area contributed by atoms with Gasteiger partial charge in [-0.3, -0.25) is 19.6 Å². The molecule has 54 unspecified atom stereocenters. The molecule has 34 rings (SSSR count). The third kappa shape index (κ3) is 18.3. The van der Waals surface area contributed by atoms with Gasteiger partial charge in [0, 0.05) is 149 Å². The summed E-state index contributed by atoms with van der Waals surface area (Å²) in [7, 11) is 0. The van der Waals surface area contributed by atoms with Crippen molar-refractivity contribution in [2.75, 3.05) is 0 Å². The number of fused-ring (bicyclic) bond motifs is 37. The van der Waals surface area contributed by atoms with E-state index in [0.717, 1.165) is 279 Å². The van der Waals surface area contributed by atoms with Crippen molar-refractivity contribution in [2.45, 2.75) is 682 Å². The van der Waals surface area contributed by atoms with E-state index < -0.39 is 0 Å². The summed E-state index contributed by atoms with van der Waals surface area (Å²) in [5.41, 5.74) is 0.557. The van der Waals surface area contributed by atoms with Gasteiger partial charge in [0.05, 0.1) is 48.8 Å². The lowest BCUT2D eigenvalue weighted by Gasteiger charge is -2.64. The Kier molecular flexibility index (Phi) is 30.5. The zero-order valence-electron chi connectivity index (χ0n) is 94.7. The second-order valence-electron chi connectivity index (χ2n) is 62.1. The largest absolute Gasteiger partial charge is 0.374 e. The maximum absolute atomic E-state index is 6.90. The minimum atomic E-state index is 0.557. The monoisotopic (exact) mass is 2130 g/mol. The molecule has 8 nitrogen and oxygen atoms in total. The first-order valence-electron chi connectivity index (χ1n) is 69.7. The molecule has 12 aliphatic heterocycles. The first-order valence-corrected chi connectivity index (χ1v) is 74.4. The fraction of sp³-hybridized carbons (Fsp3) is 1.00. The maximum atomic E-state index is 6.90. The van der Waals surface area contributed by atoms with Gasteiger partial charge in [-0.25, -0.2) is 0 Å². The van der Waals surface area contributed by atoms with Crippen LogP contribution in [0.3, 0.4) is 0 Å². The topological polar surface area (TPSA) is 49.9 Å². The molecule has 834 valence electrons. The highest BCUT2D eigenvalue weighted by molar-refractivity contribution is 8.01. The molecule has 34 aliphatic rings. The van der Waals surface area contributed by atoms with Crippen LogP contribution in [0, 0.1) is 159 Å². The summed E-state index contributed by atoms with van der Waals surface area (Å²) in [6.07, 6.45) is 121. The van der Waals surface area contributed by atoms with Gasteiger partial charge in [-0.05, 0) is 412 Å². The lowest BCUT2D eigenvalue weighted by atomic mass is 9.54. The molecule has 12 heterocycles. The fourth-order valence-electron chi connectivity index (χ4n) is 50.8. The van der Waals surface area contributed by atoms with Gasteiger partial charge in [0.15, 0.2) is 0 Å². The molecule has 22 aliphatic carbocycles. The zero-order valence-corrected chi connectivity index (χ0v) is 98.8. The van der Waals surface area contributed by atoms with E-state index in [0.29, 0.717) is 54.2 Å². The van der Waals surface area contributed by atoms with E-state index in [2.05, 4.69) is 92.3 Å². The van der Waals surface area contributed by atoms with Crippen LogP contribution >= 0.6 is 58.8 Å². The van der Waals surface area contributed by atoms with Crippen LogP contribution in [0.1, 0.15) is 508 Å². The molecule has 12 saturated heterocycles. The molecule has 22 saturated carbocycles. The Morgan fingerprint density at radius 3 is 0.765 bits per heavy atom. The lowest BCUT2D eigenvalue weighted by molar-refractivity contribution is -0.142. The molecule has 0 aromatic carbocycles. The average Bonchev–Trinajstić information content (AvgIpc) is 1.68. The normalized spacial score (nSPS) is 55.9. The molecule has 34 fully saturated rings. The maximum Gasteiger partial charge on any atom is 0.0621 e. The van der Waals surface area contributed by atoms with Crippen LogP contribution in [0.5, 0.6) is 0 Å². The molecule has 0 bridgehead atoms. The third-order valence-corrected chi connectivity index (χ3v) is 65.9. The number of likely N-dealkylation sites (tertiary alicyclic amines) is 3. The van der Waals surface area contributed by atoms with Crippen molar-refractivity contribution >= 4 is 58.8 Å². The summed E-state index contributed by atoms with van der Waals surface area (Å²) in [6.45, 7) is 5.42. The summed E-state index contributed by atoms with van der Waals surface area (Å²) >= 11 is 12.8. The summed E-state index contributed by atoms with van der Waals surface area (Å²) < 4.78 is 27.3. The van der Waals surface area contributed by atoms with Gasteiger partial charge >= 0.3 is 0 Å². The van der Waals surface area contributed by atoms with Gasteiger partial charge in [-0.15, -0.1) is 0 Å². The van der Waals surface area contributed by atoms with Crippen LogP contribution in [0.2, 0.25) is 0 Å². The summed E-state index contributed by atoms with van der Waals surface area (Å²) in [6, 6.07) is 11.0. The van der Waals surface area contributed by atoms with E-state index in [9.17, 15) is 0 Å². The number of hydrogen-bond acceptors (Lipinski definition) is 13. The molecule has 0 radical (unpaired) electrons. The number of thioether (sulfide) groups is 5. The molecule has 0 aromatic heterocycles. The molecule has 0 amide bonds. The minimum Gasteiger partial charge on any atom is -0.374 e. The fourth-order valence-corrected chi connectivity index (χ4v) is 62.7. The van der Waals surface area contributed by atoms with Gasteiger partial charge < -0.3 is 18.9 Å². The predicted octanol–water partition coefficient (Wildman–Crippen LogP) is 33.5. The molecular formula is C136H216N4O4S5. The Balaban J connectivity index is 0.0000000902. The first-order chi connectivity index (χ1) is 73.7. The van der Waals surface area contributed by atoms with Crippen molar-refractivity contribution in [3.05, 3.63) is 0 Å². The Labute approximate surface area is 931 Å². The molecule has 149 heavy (non-hydrogen) atoms. The van der Waals surface area contributed by atoms with Crippen LogP contribution in [0.25, 0.3) is 0 Å². The van der Waals surface area contributed by atoms with Crippen LogP contribution in [0.4, 0.5) is 0 Å². The van der Waals surface area contributed by atoms with Gasteiger partial charge in [-0.1, -0.05) is 232 Å². The number of hydrogen-bond donors (Lipinski definition) is 0. The smallest absolute Gasteiger partial charge is 0.0621 e. The molecule has 0 aromatic rings. The van der Waals surface area contributed by atoms with E-state index in [4.69, 9.17) is 18.9 Å². The third-order valence-electron chi connectivity index (χ3n) is 56.2. The Morgan fingerprint density at radius 1 is 0.154 bits per heavy atom. The van der Waals surface area contributed by atoms with E-state index in [1.165, 1.54) is 385 Å². The van der Waals surface area contributed by atoms with E-state index in [-0.39, 0.29) is 0 Å². The summed E-state index contributed by atoms with van der Waals surface area (Å²) in [4.78, 5) is 13.4. The van der Waals surface area contributed by atoms with Crippen molar-refractivity contribution < 1.29 is 18.9 Å². The zero-order chi connectivity index (χ0) is 98.0. The minimum absolute atomic E-state index is 0.557. The quantitative estimate of drug-likeness (QED) is 0.254. The van der Waals surface area contributed by atoms with Crippen molar-refractivity contribution in [3.63, 3.8) is 0 Å². The molecule has 13 heteroatoms. The number of piperidine rings is 2. The van der Waals surface area contributed by atoms with Crippen LogP contribution in [-0.4, -0.2) is 193 Å². The standard InChI is InChI=1S/C42H67NOS.C33H53NOS.C31H49NOS.C30H47NOS2/c1-3-10-26(11-4-1)28-18-21-35-33(24-28)34-25-29(27-12-5-2-6-13-27)19-22-36(34)43(35)37-16-9-15-30-31-20-23-39-40(42(31)45-41(30)37)32-14-7-8-17-38(32)44-39;1-33(2)23-12-4-6-14-25(23)34(26-15-7-5-13-24(26)33)27-16-9-11-20-21-18-19-29-30(32(21)36-31(20)27)22-10-3-8-17-28(22)35-29;1-4-12-24-19(8-1)18-20-9-2-5-13-25(20)32(24)26-14-7-11-21-22-16-17-28-29(31(22)34-30(21)26)23-10-3-6-15-27(23)33-28;1-4-13-24-20(8-1)28-25(32-24)17-16-19-18-9-7-12-23(29(18)34-30(19)28)31-21-10-2-5-14-26(21)33-27-15-6-3-11-22(27)31/h26-42H,1-25H2;20-32H,3-19H2,1-2H3;19-31H,1-18H2;18-30H,1-17H2. The summed E-state index contributed by atoms with van der Waals surface area (Å²) in [5.74, 6) is 25.8. The van der Waals surface area contributed by atoms with Gasteiger partial charge in [0.2, 0.25) is 0 Å². The van der Waals surface area contributed by atoms with Crippen molar-refractivity contribution in [3.8, 4) is 0 Å². The second kappa shape index (κ2) is 44.0. The highest BCUT2D eigenvalue weighted by Gasteiger charge is 2.70. The summed E-state index contributed by atoms with van der Waals surface area (Å²) in [5, 5.41) is 9.43. The van der Waals surface area contributed by atoms with Gasteiger partial charge in [0.25, 0.3) is 0 Å². The van der Waals surface area contributed by atoms with Crippen LogP contribution in [-0.2, 0) is 18.9 Å².